The van der Waals surface area contributed by atoms with Crippen LogP contribution < -0.4 is 5.32 Å². The Morgan fingerprint density at radius 2 is 1.86 bits per heavy atom. The molecule has 0 aliphatic rings. The SMILES string of the molecule is Cc1ccccc1NC(=O)CSCc1ccc([N+](=O)[O-])cc1. The smallest absolute Gasteiger partial charge is 0.269 e. The number of nitro groups is 1. The first-order chi connectivity index (χ1) is 10.6. The number of carbonyl (C=O) groups is 1. The second kappa shape index (κ2) is 7.61. The Bertz CT molecular complexity index is 671. The topological polar surface area (TPSA) is 72.2 Å². The van der Waals surface area contributed by atoms with Gasteiger partial charge >= 0.3 is 0 Å². The number of benzene rings is 2. The van der Waals surface area contributed by atoms with Gasteiger partial charge in [-0.05, 0) is 24.1 Å². The van der Waals surface area contributed by atoms with Crippen LogP contribution in [0.2, 0.25) is 0 Å². The van der Waals surface area contributed by atoms with Crippen molar-refractivity contribution in [3.05, 3.63) is 69.8 Å². The van der Waals surface area contributed by atoms with E-state index < -0.39 is 4.92 Å². The first-order valence-corrected chi connectivity index (χ1v) is 7.88. The molecule has 0 unspecified atom stereocenters. The predicted molar refractivity (Wildman–Crippen MR) is 89.1 cm³/mol. The van der Waals surface area contributed by atoms with Gasteiger partial charge in [0, 0.05) is 23.6 Å². The van der Waals surface area contributed by atoms with E-state index in [1.165, 1.54) is 23.9 Å². The summed E-state index contributed by atoms with van der Waals surface area (Å²) < 4.78 is 0. The van der Waals surface area contributed by atoms with Crippen LogP contribution in [0.4, 0.5) is 11.4 Å². The van der Waals surface area contributed by atoms with Crippen LogP contribution in [0.15, 0.2) is 48.5 Å². The summed E-state index contributed by atoms with van der Waals surface area (Å²) in [6.45, 7) is 1.94. The highest BCUT2D eigenvalue weighted by Crippen LogP contribution is 2.18. The highest BCUT2D eigenvalue weighted by atomic mass is 32.2. The fourth-order valence-electron chi connectivity index (χ4n) is 1.87. The van der Waals surface area contributed by atoms with Gasteiger partial charge in [0.15, 0.2) is 0 Å². The minimum atomic E-state index is -0.424. The number of rotatable bonds is 6. The number of hydrogen-bond acceptors (Lipinski definition) is 4. The first kappa shape index (κ1) is 16.0. The summed E-state index contributed by atoms with van der Waals surface area (Å²) in [6.07, 6.45) is 0. The van der Waals surface area contributed by atoms with E-state index in [1.807, 2.05) is 31.2 Å². The minimum absolute atomic E-state index is 0.0544. The fourth-order valence-corrected chi connectivity index (χ4v) is 2.66. The highest BCUT2D eigenvalue weighted by Gasteiger charge is 2.06. The van der Waals surface area contributed by atoms with Crippen molar-refractivity contribution in [2.75, 3.05) is 11.1 Å². The Kier molecular flexibility index (Phi) is 5.55. The average molecular weight is 316 g/mol. The van der Waals surface area contributed by atoms with Crippen molar-refractivity contribution in [3.8, 4) is 0 Å². The van der Waals surface area contributed by atoms with Crippen LogP contribution in [0.1, 0.15) is 11.1 Å². The van der Waals surface area contributed by atoms with E-state index in [9.17, 15) is 14.9 Å². The number of nitrogens with zero attached hydrogens (tertiary/aromatic N) is 1. The van der Waals surface area contributed by atoms with Crippen molar-refractivity contribution < 1.29 is 9.72 Å². The summed E-state index contributed by atoms with van der Waals surface area (Å²) in [7, 11) is 0. The molecule has 0 spiro atoms. The van der Waals surface area contributed by atoms with Gasteiger partial charge in [-0.2, -0.15) is 0 Å². The molecule has 0 aromatic heterocycles. The summed E-state index contributed by atoms with van der Waals surface area (Å²) in [5.74, 6) is 0.922. The normalized spacial score (nSPS) is 10.2. The number of anilines is 1. The maximum atomic E-state index is 11.9. The van der Waals surface area contributed by atoms with Gasteiger partial charge in [-0.25, -0.2) is 0 Å². The molecule has 2 aromatic rings. The maximum absolute atomic E-state index is 11.9. The number of non-ortho nitro benzene ring substituents is 1. The average Bonchev–Trinajstić information content (AvgIpc) is 2.50. The quantitative estimate of drug-likeness (QED) is 0.650. The van der Waals surface area contributed by atoms with Gasteiger partial charge < -0.3 is 5.32 Å². The number of thioether (sulfide) groups is 1. The van der Waals surface area contributed by atoms with Gasteiger partial charge in [0.1, 0.15) is 0 Å². The monoisotopic (exact) mass is 316 g/mol. The largest absolute Gasteiger partial charge is 0.325 e. The van der Waals surface area contributed by atoms with E-state index in [0.717, 1.165) is 16.8 Å². The van der Waals surface area contributed by atoms with E-state index in [2.05, 4.69) is 5.32 Å². The summed E-state index contributed by atoms with van der Waals surface area (Å²) >= 11 is 1.47. The molecule has 0 radical (unpaired) electrons. The maximum Gasteiger partial charge on any atom is 0.269 e. The molecule has 1 amide bonds. The number of aryl methyl sites for hydroxylation is 1. The molecule has 5 nitrogen and oxygen atoms in total. The van der Waals surface area contributed by atoms with Crippen LogP contribution in [0.3, 0.4) is 0 Å². The molecule has 0 bridgehead atoms. The Morgan fingerprint density at radius 1 is 1.18 bits per heavy atom. The molecule has 0 atom stereocenters. The number of nitro benzene ring substituents is 1. The van der Waals surface area contributed by atoms with E-state index >= 15 is 0 Å². The Labute approximate surface area is 132 Å². The molecule has 0 saturated heterocycles. The lowest BCUT2D eigenvalue weighted by molar-refractivity contribution is -0.384. The Hall–Kier alpha value is -2.34. The van der Waals surface area contributed by atoms with Gasteiger partial charge in [0.2, 0.25) is 5.91 Å². The summed E-state index contributed by atoms with van der Waals surface area (Å²) in [5.41, 5.74) is 2.88. The summed E-state index contributed by atoms with van der Waals surface area (Å²) in [6, 6.07) is 14.0. The van der Waals surface area contributed by atoms with Crippen LogP contribution in [0.5, 0.6) is 0 Å². The zero-order chi connectivity index (χ0) is 15.9. The number of hydrogen-bond donors (Lipinski definition) is 1. The molecule has 0 aliphatic heterocycles. The van der Waals surface area contributed by atoms with E-state index in [-0.39, 0.29) is 11.6 Å². The molecule has 0 saturated carbocycles. The van der Waals surface area contributed by atoms with Crippen molar-refractivity contribution in [1.29, 1.82) is 0 Å². The Balaban J connectivity index is 1.79. The van der Waals surface area contributed by atoms with Crippen molar-refractivity contribution in [2.45, 2.75) is 12.7 Å². The number of carbonyl (C=O) groups excluding carboxylic acids is 1. The molecule has 0 fully saturated rings. The van der Waals surface area contributed by atoms with E-state index in [0.29, 0.717) is 11.5 Å². The van der Waals surface area contributed by atoms with Gasteiger partial charge in [0.05, 0.1) is 10.7 Å². The van der Waals surface area contributed by atoms with Crippen LogP contribution >= 0.6 is 11.8 Å². The van der Waals surface area contributed by atoms with Gasteiger partial charge in [0.25, 0.3) is 5.69 Å². The predicted octanol–water partition coefficient (Wildman–Crippen LogP) is 3.78. The minimum Gasteiger partial charge on any atom is -0.325 e. The number of para-hydroxylation sites is 1. The standard InChI is InChI=1S/C16H16N2O3S/c1-12-4-2-3-5-15(12)17-16(19)11-22-10-13-6-8-14(9-7-13)18(20)21/h2-9H,10-11H2,1H3,(H,17,19). The molecule has 2 rings (SSSR count). The van der Waals surface area contributed by atoms with Crippen LogP contribution in [0.25, 0.3) is 0 Å². The fraction of sp³-hybridized carbons (Fsp3) is 0.188. The second-order valence-electron chi connectivity index (χ2n) is 4.78. The van der Waals surface area contributed by atoms with Gasteiger partial charge in [-0.1, -0.05) is 30.3 Å². The zero-order valence-corrected chi connectivity index (χ0v) is 12.9. The third kappa shape index (κ3) is 4.60. The molecule has 0 aliphatic carbocycles. The Morgan fingerprint density at radius 3 is 2.50 bits per heavy atom. The van der Waals surface area contributed by atoms with Crippen LogP contribution in [-0.2, 0) is 10.5 Å². The molecule has 1 N–H and O–H groups in total. The molecule has 0 heterocycles. The lowest BCUT2D eigenvalue weighted by Crippen LogP contribution is -2.14. The molecule has 6 heteroatoms. The molecule has 2 aromatic carbocycles. The summed E-state index contributed by atoms with van der Waals surface area (Å²) in [5, 5.41) is 13.4. The highest BCUT2D eigenvalue weighted by molar-refractivity contribution is 7.99. The lowest BCUT2D eigenvalue weighted by Gasteiger charge is -2.07. The van der Waals surface area contributed by atoms with E-state index in [1.54, 1.807) is 12.1 Å². The van der Waals surface area contributed by atoms with Crippen LogP contribution in [0, 0.1) is 17.0 Å². The van der Waals surface area contributed by atoms with Crippen molar-refractivity contribution in [2.24, 2.45) is 0 Å². The third-order valence-electron chi connectivity index (χ3n) is 3.07. The van der Waals surface area contributed by atoms with Crippen molar-refractivity contribution in [3.63, 3.8) is 0 Å². The molecular weight excluding hydrogens is 300 g/mol. The lowest BCUT2D eigenvalue weighted by atomic mass is 10.2. The van der Waals surface area contributed by atoms with Crippen LogP contribution in [-0.4, -0.2) is 16.6 Å². The van der Waals surface area contributed by atoms with Crippen molar-refractivity contribution >= 4 is 29.0 Å². The molecule has 22 heavy (non-hydrogen) atoms. The zero-order valence-electron chi connectivity index (χ0n) is 12.1. The van der Waals surface area contributed by atoms with Crippen molar-refractivity contribution in [1.82, 2.24) is 0 Å². The number of amides is 1. The molecule has 114 valence electrons. The van der Waals surface area contributed by atoms with E-state index in [4.69, 9.17) is 0 Å². The third-order valence-corrected chi connectivity index (χ3v) is 4.07. The molecular formula is C16H16N2O3S. The second-order valence-corrected chi connectivity index (χ2v) is 5.77. The van der Waals surface area contributed by atoms with Gasteiger partial charge in [-0.15, -0.1) is 11.8 Å². The summed E-state index contributed by atoms with van der Waals surface area (Å²) in [4.78, 5) is 22.0. The van der Waals surface area contributed by atoms with Gasteiger partial charge in [-0.3, -0.25) is 14.9 Å². The first-order valence-electron chi connectivity index (χ1n) is 6.73. The number of nitrogens with one attached hydrogen (secondary N) is 1.